The van der Waals surface area contributed by atoms with Gasteiger partial charge in [-0.15, -0.1) is 10.2 Å². The zero-order valence-corrected chi connectivity index (χ0v) is 21.4. The highest BCUT2D eigenvalue weighted by Gasteiger charge is 2.18. The third-order valence-electron chi connectivity index (χ3n) is 4.87. The van der Waals surface area contributed by atoms with Crippen molar-refractivity contribution in [3.63, 3.8) is 0 Å². The number of benzene rings is 3. The summed E-state index contributed by atoms with van der Waals surface area (Å²) < 4.78 is 13.6. The van der Waals surface area contributed by atoms with Crippen molar-refractivity contribution in [2.75, 3.05) is 20.0 Å². The van der Waals surface area contributed by atoms with Gasteiger partial charge in [0.05, 0.1) is 26.2 Å². The van der Waals surface area contributed by atoms with Crippen LogP contribution in [0.3, 0.4) is 0 Å². The van der Waals surface area contributed by atoms with Crippen LogP contribution < -0.4 is 14.9 Å². The first-order chi connectivity index (χ1) is 17.1. The first kappa shape index (κ1) is 24.5. The third kappa shape index (κ3) is 6.09. The molecule has 0 aliphatic heterocycles. The number of carbonyl (C=O) groups is 1. The number of para-hydroxylation sites is 1. The molecule has 1 heterocycles. The van der Waals surface area contributed by atoms with Crippen molar-refractivity contribution in [2.24, 2.45) is 5.10 Å². The number of carbonyl (C=O) groups excluding carboxylic acids is 1. The van der Waals surface area contributed by atoms with Crippen LogP contribution >= 0.6 is 27.7 Å². The molecule has 1 amide bonds. The van der Waals surface area contributed by atoms with E-state index in [-0.39, 0.29) is 11.7 Å². The Morgan fingerprint density at radius 1 is 1.03 bits per heavy atom. The van der Waals surface area contributed by atoms with E-state index in [1.165, 1.54) is 11.8 Å². The average Bonchev–Trinajstić information content (AvgIpc) is 3.31. The summed E-state index contributed by atoms with van der Waals surface area (Å²) in [5.74, 6) is 1.69. The van der Waals surface area contributed by atoms with Crippen LogP contribution in [0.1, 0.15) is 5.56 Å². The Morgan fingerprint density at radius 2 is 1.83 bits per heavy atom. The maximum atomic E-state index is 12.4. The van der Waals surface area contributed by atoms with Crippen LogP contribution in [0.4, 0.5) is 0 Å². The highest BCUT2D eigenvalue weighted by molar-refractivity contribution is 9.10. The number of halogens is 1. The SMILES string of the molecule is COc1ccc(-c2nnc(SCC(=O)N/N=C/c3cccc(Br)c3)n2-c2ccccc2)cc1OC. The summed E-state index contributed by atoms with van der Waals surface area (Å²) in [6, 6.07) is 22.9. The maximum Gasteiger partial charge on any atom is 0.250 e. The van der Waals surface area contributed by atoms with Gasteiger partial charge >= 0.3 is 0 Å². The van der Waals surface area contributed by atoms with Crippen molar-refractivity contribution in [1.29, 1.82) is 0 Å². The van der Waals surface area contributed by atoms with E-state index in [4.69, 9.17) is 9.47 Å². The molecule has 0 aliphatic carbocycles. The van der Waals surface area contributed by atoms with Crippen LogP contribution in [0, 0.1) is 0 Å². The van der Waals surface area contributed by atoms with Crippen molar-refractivity contribution >= 4 is 39.8 Å². The monoisotopic (exact) mass is 551 g/mol. The van der Waals surface area contributed by atoms with Gasteiger partial charge in [0.1, 0.15) is 0 Å². The second kappa shape index (κ2) is 11.7. The summed E-state index contributed by atoms with van der Waals surface area (Å²) in [6.07, 6.45) is 1.59. The lowest BCUT2D eigenvalue weighted by atomic mass is 10.2. The molecule has 4 aromatic rings. The van der Waals surface area contributed by atoms with Gasteiger partial charge in [-0.3, -0.25) is 9.36 Å². The second-order valence-corrected chi connectivity index (χ2v) is 9.04. The highest BCUT2D eigenvalue weighted by atomic mass is 79.9. The van der Waals surface area contributed by atoms with E-state index in [0.29, 0.717) is 22.5 Å². The molecule has 1 aromatic heterocycles. The van der Waals surface area contributed by atoms with Gasteiger partial charge in [-0.05, 0) is 48.0 Å². The molecule has 1 N–H and O–H groups in total. The third-order valence-corrected chi connectivity index (χ3v) is 6.30. The summed E-state index contributed by atoms with van der Waals surface area (Å²) in [7, 11) is 3.18. The fourth-order valence-corrected chi connectivity index (χ4v) is 4.42. The summed E-state index contributed by atoms with van der Waals surface area (Å²) >= 11 is 4.68. The number of amides is 1. The van der Waals surface area contributed by atoms with Crippen LogP contribution in [-0.4, -0.2) is 46.9 Å². The number of aromatic nitrogens is 3. The normalized spacial score (nSPS) is 10.9. The fraction of sp³-hybridized carbons (Fsp3) is 0.120. The molecule has 8 nitrogen and oxygen atoms in total. The van der Waals surface area contributed by atoms with Gasteiger partial charge in [-0.25, -0.2) is 5.43 Å². The molecular formula is C25H22BrN5O3S. The lowest BCUT2D eigenvalue weighted by Gasteiger charge is -2.12. The van der Waals surface area contributed by atoms with Gasteiger partial charge in [0.2, 0.25) is 0 Å². The predicted octanol–water partition coefficient (Wildman–Crippen LogP) is 4.96. The Hall–Kier alpha value is -3.63. The zero-order valence-electron chi connectivity index (χ0n) is 19.0. The van der Waals surface area contributed by atoms with E-state index in [1.807, 2.05) is 77.4 Å². The number of nitrogens with one attached hydrogen (secondary N) is 1. The quantitative estimate of drug-likeness (QED) is 0.180. The number of nitrogens with zero attached hydrogens (tertiary/aromatic N) is 4. The minimum atomic E-state index is -0.253. The first-order valence-corrected chi connectivity index (χ1v) is 12.3. The first-order valence-electron chi connectivity index (χ1n) is 10.5. The van der Waals surface area contributed by atoms with E-state index in [9.17, 15) is 4.79 Å². The number of rotatable bonds is 9. The topological polar surface area (TPSA) is 90.6 Å². The maximum absolute atomic E-state index is 12.4. The van der Waals surface area contributed by atoms with Crippen LogP contribution in [0.2, 0.25) is 0 Å². The minimum absolute atomic E-state index is 0.118. The molecule has 35 heavy (non-hydrogen) atoms. The Balaban J connectivity index is 1.54. The Kier molecular flexibility index (Phi) is 8.17. The van der Waals surface area contributed by atoms with Gasteiger partial charge in [0.25, 0.3) is 5.91 Å². The smallest absolute Gasteiger partial charge is 0.250 e. The molecular weight excluding hydrogens is 530 g/mol. The molecule has 4 rings (SSSR count). The summed E-state index contributed by atoms with van der Waals surface area (Å²) in [5, 5.41) is 13.4. The molecule has 0 fully saturated rings. The van der Waals surface area contributed by atoms with Crippen molar-refractivity contribution in [1.82, 2.24) is 20.2 Å². The predicted molar refractivity (Wildman–Crippen MR) is 141 cm³/mol. The molecule has 0 aliphatic rings. The molecule has 0 radical (unpaired) electrons. The second-order valence-electron chi connectivity index (χ2n) is 7.18. The molecule has 0 saturated heterocycles. The minimum Gasteiger partial charge on any atom is -0.493 e. The molecule has 0 atom stereocenters. The van der Waals surface area contributed by atoms with Crippen molar-refractivity contribution < 1.29 is 14.3 Å². The van der Waals surface area contributed by atoms with E-state index >= 15 is 0 Å². The molecule has 10 heteroatoms. The molecule has 0 saturated carbocycles. The van der Waals surface area contributed by atoms with E-state index in [0.717, 1.165) is 21.3 Å². The van der Waals surface area contributed by atoms with Crippen LogP contribution in [-0.2, 0) is 4.79 Å². The van der Waals surface area contributed by atoms with E-state index < -0.39 is 0 Å². The van der Waals surface area contributed by atoms with Crippen LogP contribution in [0.15, 0.2) is 87.5 Å². The largest absolute Gasteiger partial charge is 0.493 e. The molecule has 0 unspecified atom stereocenters. The standard InChI is InChI=1S/C25H22BrN5O3S/c1-33-21-12-11-18(14-22(21)34-2)24-29-30-25(31(24)20-9-4-3-5-10-20)35-16-23(32)28-27-15-17-7-6-8-19(26)13-17/h3-15H,16H2,1-2H3,(H,28,32)/b27-15+. The molecule has 0 spiro atoms. The Morgan fingerprint density at radius 3 is 2.57 bits per heavy atom. The number of thioether (sulfide) groups is 1. The summed E-state index contributed by atoms with van der Waals surface area (Å²) in [5.41, 5.74) is 5.10. The van der Waals surface area contributed by atoms with Crippen molar-refractivity contribution in [3.05, 3.63) is 82.8 Å². The molecule has 3 aromatic carbocycles. The van der Waals surface area contributed by atoms with E-state index in [1.54, 1.807) is 20.4 Å². The lowest BCUT2D eigenvalue weighted by molar-refractivity contribution is -0.118. The highest BCUT2D eigenvalue weighted by Crippen LogP contribution is 2.34. The van der Waals surface area contributed by atoms with Gasteiger partial charge in [0, 0.05) is 15.7 Å². The number of hydrogen-bond donors (Lipinski definition) is 1. The summed E-state index contributed by atoms with van der Waals surface area (Å²) in [6.45, 7) is 0. The van der Waals surface area contributed by atoms with E-state index in [2.05, 4.69) is 36.7 Å². The Labute approximate surface area is 215 Å². The lowest BCUT2D eigenvalue weighted by Crippen LogP contribution is -2.20. The van der Waals surface area contributed by atoms with Gasteiger partial charge < -0.3 is 9.47 Å². The van der Waals surface area contributed by atoms with Crippen LogP contribution in [0.5, 0.6) is 11.5 Å². The van der Waals surface area contributed by atoms with Gasteiger partial charge in [-0.2, -0.15) is 5.10 Å². The van der Waals surface area contributed by atoms with Crippen LogP contribution in [0.25, 0.3) is 17.1 Å². The van der Waals surface area contributed by atoms with Crippen molar-refractivity contribution in [3.8, 4) is 28.6 Å². The zero-order chi connectivity index (χ0) is 24.6. The summed E-state index contributed by atoms with van der Waals surface area (Å²) in [4.78, 5) is 12.4. The van der Waals surface area contributed by atoms with Gasteiger partial charge in [0.15, 0.2) is 22.5 Å². The number of methoxy groups -OCH3 is 2. The van der Waals surface area contributed by atoms with Crippen molar-refractivity contribution in [2.45, 2.75) is 5.16 Å². The number of hydrazone groups is 1. The molecule has 178 valence electrons. The molecule has 0 bridgehead atoms. The number of ether oxygens (including phenoxy) is 2. The average molecular weight is 552 g/mol. The number of hydrogen-bond acceptors (Lipinski definition) is 7. The van der Waals surface area contributed by atoms with Gasteiger partial charge in [-0.1, -0.05) is 58.0 Å². The Bertz CT molecular complexity index is 1340. The fourth-order valence-electron chi connectivity index (χ4n) is 3.26.